The van der Waals surface area contributed by atoms with Crippen LogP contribution in [0.5, 0.6) is 0 Å². The number of piperidine rings is 1. The predicted molar refractivity (Wildman–Crippen MR) is 113 cm³/mol. The third kappa shape index (κ3) is 5.42. The number of aromatic nitrogens is 2. The molecule has 1 aliphatic heterocycles. The zero-order chi connectivity index (χ0) is 19.2. The van der Waals surface area contributed by atoms with E-state index >= 15 is 0 Å². The van der Waals surface area contributed by atoms with E-state index in [1.54, 1.807) is 11.3 Å². The van der Waals surface area contributed by atoms with Crippen LogP contribution < -0.4 is 10.2 Å². The smallest absolute Gasteiger partial charge is 0.194 e. The molecule has 1 N–H and O–H groups in total. The number of pyridine rings is 1. The van der Waals surface area contributed by atoms with Gasteiger partial charge in [-0.05, 0) is 37.3 Å². The molecule has 3 heterocycles. The number of hydrogen-bond acceptors (Lipinski definition) is 5. The maximum absolute atomic E-state index is 4.67. The van der Waals surface area contributed by atoms with Crippen LogP contribution in [0.25, 0.3) is 0 Å². The minimum Gasteiger partial charge on any atom is -0.357 e. The Balaban J connectivity index is 1.52. The van der Waals surface area contributed by atoms with Gasteiger partial charge in [0.25, 0.3) is 0 Å². The van der Waals surface area contributed by atoms with Gasteiger partial charge in [0.1, 0.15) is 5.82 Å². The van der Waals surface area contributed by atoms with Crippen molar-refractivity contribution in [3.05, 3.63) is 40.0 Å². The lowest BCUT2D eigenvalue weighted by molar-refractivity contribution is 0.436. The highest BCUT2D eigenvalue weighted by Gasteiger charge is 2.16. The van der Waals surface area contributed by atoms with Crippen molar-refractivity contribution in [3.8, 4) is 0 Å². The number of aliphatic imine (C=N–C) groups is 1. The van der Waals surface area contributed by atoms with Gasteiger partial charge in [-0.3, -0.25) is 4.99 Å². The average Bonchev–Trinajstić information content (AvgIpc) is 3.08. The number of guanidine groups is 1. The van der Waals surface area contributed by atoms with Crippen LogP contribution in [0.15, 0.2) is 28.7 Å². The lowest BCUT2D eigenvalue weighted by atomic mass is 9.99. The first-order chi connectivity index (χ1) is 13.0. The summed E-state index contributed by atoms with van der Waals surface area (Å²) in [5.74, 6) is 2.78. The zero-order valence-corrected chi connectivity index (χ0v) is 17.6. The van der Waals surface area contributed by atoms with Crippen LogP contribution in [-0.4, -0.2) is 48.0 Å². The van der Waals surface area contributed by atoms with Crippen molar-refractivity contribution in [1.29, 1.82) is 0 Å². The molecule has 0 aliphatic carbocycles. The fraction of sp³-hybridized carbons (Fsp3) is 0.550. The van der Waals surface area contributed by atoms with E-state index in [1.807, 2.05) is 27.2 Å². The summed E-state index contributed by atoms with van der Waals surface area (Å²) < 4.78 is 0. The minimum absolute atomic E-state index is 0.706. The van der Waals surface area contributed by atoms with Crippen LogP contribution in [0.4, 0.5) is 5.82 Å². The molecule has 27 heavy (non-hydrogen) atoms. The van der Waals surface area contributed by atoms with Crippen molar-refractivity contribution in [1.82, 2.24) is 20.2 Å². The number of anilines is 1. The van der Waals surface area contributed by atoms with E-state index in [4.69, 9.17) is 0 Å². The monoisotopic (exact) mass is 386 g/mol. The number of rotatable bonds is 5. The summed E-state index contributed by atoms with van der Waals surface area (Å²) in [6, 6.07) is 4.29. The van der Waals surface area contributed by atoms with Gasteiger partial charge in [-0.1, -0.05) is 13.0 Å². The first-order valence-electron chi connectivity index (χ1n) is 9.58. The molecule has 2 aromatic heterocycles. The Morgan fingerprint density at radius 2 is 2.15 bits per heavy atom. The van der Waals surface area contributed by atoms with Crippen molar-refractivity contribution in [2.24, 2.45) is 10.9 Å². The van der Waals surface area contributed by atoms with Gasteiger partial charge in [0.2, 0.25) is 0 Å². The van der Waals surface area contributed by atoms with Crippen molar-refractivity contribution >= 4 is 23.1 Å². The van der Waals surface area contributed by atoms with Gasteiger partial charge in [0.15, 0.2) is 5.96 Å². The topological polar surface area (TPSA) is 56.7 Å². The molecule has 1 aliphatic rings. The molecule has 0 amide bonds. The molecule has 0 atom stereocenters. The Bertz CT molecular complexity index is 746. The lowest BCUT2D eigenvalue weighted by Crippen LogP contribution is -2.38. The quantitative estimate of drug-likeness (QED) is 0.631. The first kappa shape index (κ1) is 19.6. The number of hydrogen-bond donors (Lipinski definition) is 1. The van der Waals surface area contributed by atoms with Gasteiger partial charge in [0.05, 0.1) is 17.2 Å². The van der Waals surface area contributed by atoms with E-state index in [-0.39, 0.29) is 0 Å². The van der Waals surface area contributed by atoms with E-state index in [2.05, 4.69) is 54.5 Å². The van der Waals surface area contributed by atoms with Gasteiger partial charge in [0, 0.05) is 45.3 Å². The van der Waals surface area contributed by atoms with Crippen LogP contribution in [0.2, 0.25) is 0 Å². The second-order valence-electron chi connectivity index (χ2n) is 7.31. The van der Waals surface area contributed by atoms with Crippen molar-refractivity contribution in [2.45, 2.75) is 39.8 Å². The molecule has 0 unspecified atom stereocenters. The standard InChI is InChI=1S/C20H30N6S/c1-15-7-9-26(10-8-15)19-6-5-17(11-22-19)12-23-20(21-3)25(4)13-18-14-27-16(2)24-18/h5-6,11,14-15H,7-10,12-13H2,1-4H3,(H,21,23). The van der Waals surface area contributed by atoms with Crippen molar-refractivity contribution in [3.63, 3.8) is 0 Å². The van der Waals surface area contributed by atoms with Gasteiger partial charge in [-0.15, -0.1) is 11.3 Å². The number of nitrogens with zero attached hydrogens (tertiary/aromatic N) is 5. The summed E-state index contributed by atoms with van der Waals surface area (Å²) in [6.07, 6.45) is 4.48. The van der Waals surface area contributed by atoms with E-state index < -0.39 is 0 Å². The Hall–Kier alpha value is -2.15. The molecular weight excluding hydrogens is 356 g/mol. The summed E-state index contributed by atoms with van der Waals surface area (Å²) in [5, 5.41) is 6.61. The maximum Gasteiger partial charge on any atom is 0.194 e. The third-order valence-corrected chi connectivity index (χ3v) is 5.83. The Morgan fingerprint density at radius 1 is 1.37 bits per heavy atom. The van der Waals surface area contributed by atoms with Crippen LogP contribution in [0.1, 0.15) is 36.0 Å². The maximum atomic E-state index is 4.67. The Kier molecular flexibility index (Phi) is 6.66. The molecule has 146 valence electrons. The summed E-state index contributed by atoms with van der Waals surface area (Å²) in [5.41, 5.74) is 2.23. The second-order valence-corrected chi connectivity index (χ2v) is 8.37. The second kappa shape index (κ2) is 9.17. The molecule has 0 aromatic carbocycles. The molecule has 0 bridgehead atoms. The van der Waals surface area contributed by atoms with Crippen LogP contribution in [0.3, 0.4) is 0 Å². The predicted octanol–water partition coefficient (Wildman–Crippen LogP) is 3.29. The third-order valence-electron chi connectivity index (χ3n) is 5.01. The average molecular weight is 387 g/mol. The van der Waals surface area contributed by atoms with E-state index in [0.717, 1.165) is 53.6 Å². The fourth-order valence-corrected chi connectivity index (χ4v) is 3.91. The van der Waals surface area contributed by atoms with Gasteiger partial charge in [-0.25, -0.2) is 9.97 Å². The summed E-state index contributed by atoms with van der Waals surface area (Å²) in [4.78, 5) is 18.1. The van der Waals surface area contributed by atoms with Gasteiger partial charge < -0.3 is 15.1 Å². The van der Waals surface area contributed by atoms with Gasteiger partial charge in [-0.2, -0.15) is 0 Å². The van der Waals surface area contributed by atoms with E-state index in [9.17, 15) is 0 Å². The van der Waals surface area contributed by atoms with Crippen molar-refractivity contribution < 1.29 is 0 Å². The Morgan fingerprint density at radius 3 is 2.74 bits per heavy atom. The fourth-order valence-electron chi connectivity index (χ4n) is 3.31. The molecule has 7 heteroatoms. The van der Waals surface area contributed by atoms with Crippen LogP contribution >= 0.6 is 11.3 Å². The van der Waals surface area contributed by atoms with E-state index in [1.165, 1.54) is 12.8 Å². The molecular formula is C20H30N6S. The molecule has 0 radical (unpaired) electrons. The number of nitrogens with one attached hydrogen (secondary N) is 1. The zero-order valence-electron chi connectivity index (χ0n) is 16.8. The van der Waals surface area contributed by atoms with E-state index in [0.29, 0.717) is 6.54 Å². The molecule has 6 nitrogen and oxygen atoms in total. The summed E-state index contributed by atoms with van der Waals surface area (Å²) in [6.45, 7) is 8.03. The van der Waals surface area contributed by atoms with Gasteiger partial charge >= 0.3 is 0 Å². The highest BCUT2D eigenvalue weighted by atomic mass is 32.1. The normalized spacial score (nSPS) is 15.9. The molecule has 1 saturated heterocycles. The van der Waals surface area contributed by atoms with Crippen molar-refractivity contribution in [2.75, 3.05) is 32.1 Å². The first-order valence-corrected chi connectivity index (χ1v) is 10.5. The lowest BCUT2D eigenvalue weighted by Gasteiger charge is -2.31. The minimum atomic E-state index is 0.706. The molecule has 1 fully saturated rings. The molecule has 0 spiro atoms. The highest BCUT2D eigenvalue weighted by molar-refractivity contribution is 7.09. The molecule has 3 rings (SSSR count). The molecule has 2 aromatic rings. The molecule has 0 saturated carbocycles. The Labute approximate surface area is 166 Å². The number of aryl methyl sites for hydroxylation is 1. The summed E-state index contributed by atoms with van der Waals surface area (Å²) in [7, 11) is 3.84. The largest absolute Gasteiger partial charge is 0.357 e. The van der Waals surface area contributed by atoms with Crippen LogP contribution in [-0.2, 0) is 13.1 Å². The highest BCUT2D eigenvalue weighted by Crippen LogP contribution is 2.21. The summed E-state index contributed by atoms with van der Waals surface area (Å²) >= 11 is 1.68. The SMILES string of the molecule is CN=C(NCc1ccc(N2CCC(C)CC2)nc1)N(C)Cc1csc(C)n1. The van der Waals surface area contributed by atoms with Crippen LogP contribution in [0, 0.1) is 12.8 Å². The number of thiazole rings is 1.